The highest BCUT2D eigenvalue weighted by molar-refractivity contribution is 5.58. The van der Waals surface area contributed by atoms with E-state index in [-0.39, 0.29) is 17.7 Å². The second-order valence-corrected chi connectivity index (χ2v) is 5.59. The van der Waals surface area contributed by atoms with Gasteiger partial charge in [-0.05, 0) is 26.2 Å². The van der Waals surface area contributed by atoms with Gasteiger partial charge in [0.15, 0.2) is 5.82 Å². The molecule has 3 rings (SSSR count). The molecule has 0 N–H and O–H groups in total. The summed E-state index contributed by atoms with van der Waals surface area (Å²) in [6, 6.07) is -0.0270. The second kappa shape index (κ2) is 3.00. The minimum Gasteiger partial charge on any atom is -0.361 e. The number of halogens is 2. The maximum Gasteiger partial charge on any atom is 0.293 e. The van der Waals surface area contributed by atoms with Gasteiger partial charge in [-0.25, -0.2) is 0 Å². The number of aromatic nitrogens is 2. The summed E-state index contributed by atoms with van der Waals surface area (Å²) in [5.74, 6) is -2.41. The molecule has 0 bridgehead atoms. The number of anilines is 1. The van der Waals surface area contributed by atoms with Gasteiger partial charge in [0.1, 0.15) is 5.69 Å². The van der Waals surface area contributed by atoms with Crippen molar-refractivity contribution in [3.63, 3.8) is 0 Å². The Morgan fingerprint density at radius 1 is 1.41 bits per heavy atom. The summed E-state index contributed by atoms with van der Waals surface area (Å²) in [6.07, 6.45) is 0.616. The number of hydrogen-bond acceptors (Lipinski definition) is 2. The lowest BCUT2D eigenvalue weighted by atomic mass is 10.1. The van der Waals surface area contributed by atoms with Crippen LogP contribution >= 0.6 is 0 Å². The molecule has 1 aromatic rings. The molecular weight excluding hydrogens is 224 g/mol. The lowest BCUT2D eigenvalue weighted by Gasteiger charge is -2.17. The van der Waals surface area contributed by atoms with Crippen molar-refractivity contribution in [1.29, 1.82) is 0 Å². The van der Waals surface area contributed by atoms with E-state index >= 15 is 0 Å². The summed E-state index contributed by atoms with van der Waals surface area (Å²) in [5.41, 5.74) is 0.955. The zero-order chi connectivity index (χ0) is 12.5. The van der Waals surface area contributed by atoms with Gasteiger partial charge in [-0.1, -0.05) is 0 Å². The first kappa shape index (κ1) is 11.0. The summed E-state index contributed by atoms with van der Waals surface area (Å²) in [7, 11) is 3.72. The van der Waals surface area contributed by atoms with Crippen LogP contribution in [0.1, 0.15) is 43.5 Å². The van der Waals surface area contributed by atoms with Crippen molar-refractivity contribution >= 4 is 5.82 Å². The molecule has 0 amide bonds. The fourth-order valence-corrected chi connectivity index (χ4v) is 2.90. The highest BCUT2D eigenvalue weighted by Gasteiger charge is 2.67. The van der Waals surface area contributed by atoms with Gasteiger partial charge < -0.3 is 4.90 Å². The topological polar surface area (TPSA) is 21.1 Å². The van der Waals surface area contributed by atoms with Crippen molar-refractivity contribution in [2.24, 2.45) is 5.92 Å². The number of nitrogens with zero attached hydrogens (tertiary/aromatic N) is 3. The number of fused-ring (bicyclic) bond motifs is 3. The molecule has 2 aliphatic carbocycles. The summed E-state index contributed by atoms with van der Waals surface area (Å²) >= 11 is 0. The molecule has 0 spiro atoms. The average Bonchev–Trinajstić information content (AvgIpc) is 2.83. The molecule has 1 heterocycles. The van der Waals surface area contributed by atoms with Crippen LogP contribution in [-0.2, 0) is 5.92 Å². The van der Waals surface area contributed by atoms with Crippen LogP contribution in [0, 0.1) is 5.92 Å². The maximum absolute atomic E-state index is 14.2. The molecule has 17 heavy (non-hydrogen) atoms. The third-order valence-electron chi connectivity index (χ3n) is 3.78. The van der Waals surface area contributed by atoms with Crippen molar-refractivity contribution in [1.82, 2.24) is 9.78 Å². The maximum atomic E-state index is 14.2. The normalized spacial score (nSPS) is 28.2. The molecule has 5 heteroatoms. The molecule has 0 saturated heterocycles. The van der Waals surface area contributed by atoms with Gasteiger partial charge in [-0.3, -0.25) is 4.68 Å². The Hall–Kier alpha value is -1.13. The highest BCUT2D eigenvalue weighted by Crippen LogP contribution is 2.68. The molecular formula is C12H17F2N3. The first-order valence-corrected chi connectivity index (χ1v) is 6.03. The van der Waals surface area contributed by atoms with Crippen LogP contribution in [0.2, 0.25) is 0 Å². The number of rotatable bonds is 2. The Kier molecular flexibility index (Phi) is 1.94. The van der Waals surface area contributed by atoms with Crippen molar-refractivity contribution in [3.8, 4) is 0 Å². The molecule has 2 aliphatic rings. The van der Waals surface area contributed by atoms with Crippen molar-refractivity contribution in [2.75, 3.05) is 19.0 Å². The van der Waals surface area contributed by atoms with E-state index in [1.807, 2.05) is 32.8 Å². The smallest absolute Gasteiger partial charge is 0.293 e. The van der Waals surface area contributed by atoms with E-state index in [1.165, 1.54) is 4.68 Å². The SMILES string of the molecule is CC(C)n1nc(N(C)C)c2c1C(F)(F)[C@@H]1C[C@H]21. The zero-order valence-electron chi connectivity index (χ0n) is 10.5. The van der Waals surface area contributed by atoms with E-state index in [4.69, 9.17) is 0 Å². The van der Waals surface area contributed by atoms with Crippen LogP contribution in [-0.4, -0.2) is 23.9 Å². The number of alkyl halides is 2. The van der Waals surface area contributed by atoms with Gasteiger partial charge in [0.25, 0.3) is 5.92 Å². The van der Waals surface area contributed by atoms with Crippen LogP contribution in [0.25, 0.3) is 0 Å². The monoisotopic (exact) mass is 241 g/mol. The summed E-state index contributed by atoms with van der Waals surface area (Å²) in [4.78, 5) is 1.84. The molecule has 0 aromatic carbocycles. The molecule has 1 aromatic heterocycles. The largest absolute Gasteiger partial charge is 0.361 e. The Bertz CT molecular complexity index is 476. The fourth-order valence-electron chi connectivity index (χ4n) is 2.90. The second-order valence-electron chi connectivity index (χ2n) is 5.59. The van der Waals surface area contributed by atoms with Crippen LogP contribution in [0.3, 0.4) is 0 Å². The van der Waals surface area contributed by atoms with Crippen LogP contribution in [0.4, 0.5) is 14.6 Å². The molecule has 3 nitrogen and oxygen atoms in total. The highest BCUT2D eigenvalue weighted by atomic mass is 19.3. The average molecular weight is 241 g/mol. The molecule has 1 saturated carbocycles. The van der Waals surface area contributed by atoms with Gasteiger partial charge in [0.05, 0.1) is 0 Å². The summed E-state index contributed by atoms with van der Waals surface area (Å²) in [6.45, 7) is 3.79. The van der Waals surface area contributed by atoms with Crippen molar-refractivity contribution < 1.29 is 8.78 Å². The van der Waals surface area contributed by atoms with Gasteiger partial charge in [0, 0.05) is 31.6 Å². The van der Waals surface area contributed by atoms with E-state index < -0.39 is 11.8 Å². The van der Waals surface area contributed by atoms with Gasteiger partial charge in [0.2, 0.25) is 0 Å². The van der Waals surface area contributed by atoms with Gasteiger partial charge in [-0.2, -0.15) is 13.9 Å². The quantitative estimate of drug-likeness (QED) is 0.793. The molecule has 0 aliphatic heterocycles. The van der Waals surface area contributed by atoms with Gasteiger partial charge >= 0.3 is 0 Å². The molecule has 1 fully saturated rings. The molecule has 94 valence electrons. The lowest BCUT2D eigenvalue weighted by molar-refractivity contribution is -0.0318. The Morgan fingerprint density at radius 2 is 2.06 bits per heavy atom. The predicted molar refractivity (Wildman–Crippen MR) is 61.7 cm³/mol. The number of hydrogen-bond donors (Lipinski definition) is 0. The Balaban J connectivity index is 2.23. The predicted octanol–water partition coefficient (Wildman–Crippen LogP) is 2.74. The first-order chi connectivity index (χ1) is 7.85. The third-order valence-corrected chi connectivity index (χ3v) is 3.78. The minimum absolute atomic E-state index is 0.0270. The third kappa shape index (κ3) is 1.22. The first-order valence-electron chi connectivity index (χ1n) is 6.03. The van der Waals surface area contributed by atoms with Crippen LogP contribution in [0.5, 0.6) is 0 Å². The Morgan fingerprint density at radius 3 is 2.59 bits per heavy atom. The van der Waals surface area contributed by atoms with Crippen LogP contribution in [0.15, 0.2) is 0 Å². The van der Waals surface area contributed by atoms with Gasteiger partial charge in [-0.15, -0.1) is 0 Å². The van der Waals surface area contributed by atoms with E-state index in [0.29, 0.717) is 6.42 Å². The van der Waals surface area contributed by atoms with E-state index in [1.54, 1.807) is 0 Å². The fraction of sp³-hybridized carbons (Fsp3) is 0.750. The molecule has 2 atom stereocenters. The van der Waals surface area contributed by atoms with Crippen molar-refractivity contribution in [3.05, 3.63) is 11.3 Å². The zero-order valence-corrected chi connectivity index (χ0v) is 10.5. The van der Waals surface area contributed by atoms with Crippen LogP contribution < -0.4 is 4.90 Å². The van der Waals surface area contributed by atoms with E-state index in [0.717, 1.165) is 11.4 Å². The molecule has 0 unspecified atom stereocenters. The van der Waals surface area contributed by atoms with E-state index in [9.17, 15) is 8.78 Å². The summed E-state index contributed by atoms with van der Waals surface area (Å²) < 4.78 is 29.9. The summed E-state index contributed by atoms with van der Waals surface area (Å²) in [5, 5.41) is 4.37. The standard InChI is InChI=1S/C12H17F2N3/c1-6(2)17-10-9(11(15-17)16(3)4)7-5-8(7)12(10,13)14/h6-8H,5H2,1-4H3/t7-,8+/m0/s1. The van der Waals surface area contributed by atoms with Crippen molar-refractivity contribution in [2.45, 2.75) is 38.2 Å². The Labute approximate surface area is 99.4 Å². The lowest BCUT2D eigenvalue weighted by Crippen LogP contribution is -2.21. The molecule has 0 radical (unpaired) electrons. The minimum atomic E-state index is -2.69. The van der Waals surface area contributed by atoms with E-state index in [2.05, 4.69) is 5.10 Å².